The van der Waals surface area contributed by atoms with E-state index in [4.69, 9.17) is 9.47 Å². The van der Waals surface area contributed by atoms with Crippen molar-refractivity contribution in [2.75, 3.05) is 25.7 Å². The summed E-state index contributed by atoms with van der Waals surface area (Å²) in [7, 11) is -0.0571. The second kappa shape index (κ2) is 5.21. The van der Waals surface area contributed by atoms with E-state index in [1.807, 2.05) is 0 Å². The van der Waals surface area contributed by atoms with Crippen molar-refractivity contribution in [3.63, 3.8) is 0 Å². The summed E-state index contributed by atoms with van der Waals surface area (Å²) in [5.74, 6) is 0.433. The van der Waals surface area contributed by atoms with Crippen molar-refractivity contribution >= 4 is 15.6 Å². The van der Waals surface area contributed by atoms with Gasteiger partial charge < -0.3 is 9.47 Å². The van der Waals surface area contributed by atoms with Gasteiger partial charge in [0.25, 0.3) is 0 Å². The predicted molar refractivity (Wildman–Crippen MR) is 70.6 cm³/mol. The first-order valence-electron chi connectivity index (χ1n) is 5.93. The van der Waals surface area contributed by atoms with Crippen LogP contribution in [0.5, 0.6) is 11.5 Å². The maximum absolute atomic E-state index is 12.3. The fourth-order valence-electron chi connectivity index (χ4n) is 2.19. The summed E-state index contributed by atoms with van der Waals surface area (Å²) in [5, 5.41) is 0. The third kappa shape index (κ3) is 3.07. The number of ether oxygens (including phenoxy) is 2. The van der Waals surface area contributed by atoms with E-state index in [1.54, 1.807) is 18.2 Å². The molecule has 5 nitrogen and oxygen atoms in total. The number of methoxy groups -OCH3 is 2. The van der Waals surface area contributed by atoms with Crippen molar-refractivity contribution in [2.45, 2.75) is 6.42 Å². The van der Waals surface area contributed by atoms with Crippen LogP contribution in [0.1, 0.15) is 16.8 Å². The fraction of sp³-hybridized carbons (Fsp3) is 0.462. The minimum Gasteiger partial charge on any atom is -0.497 e. The highest BCUT2D eigenvalue weighted by molar-refractivity contribution is 7.91. The Morgan fingerprint density at radius 3 is 2.16 bits per heavy atom. The molecule has 0 saturated carbocycles. The Morgan fingerprint density at radius 1 is 1.16 bits per heavy atom. The maximum Gasteiger partial charge on any atom is 0.167 e. The molecule has 1 heterocycles. The summed E-state index contributed by atoms with van der Waals surface area (Å²) in [6.07, 6.45) is 0.390. The number of benzene rings is 1. The molecule has 0 radical (unpaired) electrons. The SMILES string of the molecule is COc1cc(OC)cc(C(=O)C2CCS(=O)(=O)C2)c1. The van der Waals surface area contributed by atoms with Gasteiger partial charge in [0.15, 0.2) is 15.6 Å². The van der Waals surface area contributed by atoms with Gasteiger partial charge in [0, 0.05) is 17.5 Å². The van der Waals surface area contributed by atoms with Gasteiger partial charge in [-0.2, -0.15) is 0 Å². The van der Waals surface area contributed by atoms with Crippen LogP contribution in [0.15, 0.2) is 18.2 Å². The van der Waals surface area contributed by atoms with Crippen LogP contribution < -0.4 is 9.47 Å². The Balaban J connectivity index is 2.28. The van der Waals surface area contributed by atoms with Crippen LogP contribution in [-0.2, 0) is 9.84 Å². The molecule has 0 amide bonds. The topological polar surface area (TPSA) is 69.7 Å². The lowest BCUT2D eigenvalue weighted by molar-refractivity contribution is 0.0932. The largest absolute Gasteiger partial charge is 0.497 e. The molecule has 1 atom stereocenters. The summed E-state index contributed by atoms with van der Waals surface area (Å²) >= 11 is 0. The fourth-order valence-corrected chi connectivity index (χ4v) is 3.93. The first-order chi connectivity index (χ1) is 8.95. The van der Waals surface area contributed by atoms with Crippen LogP contribution in [-0.4, -0.2) is 39.9 Å². The second-order valence-corrected chi connectivity index (χ2v) is 6.79. The Labute approximate surface area is 112 Å². The van der Waals surface area contributed by atoms with Crippen LogP contribution >= 0.6 is 0 Å². The summed E-state index contributed by atoms with van der Waals surface area (Å²) in [6, 6.07) is 4.88. The Kier molecular flexibility index (Phi) is 3.80. The number of Topliss-reactive ketones (excluding diaryl/α,β-unsaturated/α-hetero) is 1. The van der Waals surface area contributed by atoms with Crippen LogP contribution in [0.4, 0.5) is 0 Å². The van der Waals surface area contributed by atoms with Crippen LogP contribution in [0, 0.1) is 5.92 Å². The normalized spacial score (nSPS) is 21.1. The molecule has 6 heteroatoms. The highest BCUT2D eigenvalue weighted by atomic mass is 32.2. The van der Waals surface area contributed by atoms with Gasteiger partial charge in [-0.15, -0.1) is 0 Å². The smallest absolute Gasteiger partial charge is 0.167 e. The van der Waals surface area contributed by atoms with Gasteiger partial charge in [-0.1, -0.05) is 0 Å². The Bertz CT molecular complexity index is 569. The van der Waals surface area contributed by atoms with Gasteiger partial charge in [0.05, 0.1) is 25.7 Å². The van der Waals surface area contributed by atoms with E-state index >= 15 is 0 Å². The molecular weight excluding hydrogens is 268 g/mol. The zero-order chi connectivity index (χ0) is 14.0. The molecule has 2 rings (SSSR count). The number of hydrogen-bond acceptors (Lipinski definition) is 5. The third-order valence-electron chi connectivity index (χ3n) is 3.24. The van der Waals surface area contributed by atoms with Crippen LogP contribution in [0.25, 0.3) is 0 Å². The lowest BCUT2D eigenvalue weighted by atomic mass is 9.97. The molecule has 1 aromatic carbocycles. The van der Waals surface area contributed by atoms with E-state index in [9.17, 15) is 13.2 Å². The molecule has 0 bridgehead atoms. The first-order valence-corrected chi connectivity index (χ1v) is 7.75. The van der Waals surface area contributed by atoms with Crippen molar-refractivity contribution in [3.8, 4) is 11.5 Å². The standard InChI is InChI=1S/C13H16O5S/c1-17-11-5-10(6-12(7-11)18-2)13(14)9-3-4-19(15,16)8-9/h5-7,9H,3-4,8H2,1-2H3. The molecule has 0 N–H and O–H groups in total. The van der Waals surface area contributed by atoms with Crippen molar-refractivity contribution in [2.24, 2.45) is 5.92 Å². The van der Waals surface area contributed by atoms with E-state index in [0.29, 0.717) is 23.5 Å². The molecule has 1 saturated heterocycles. The number of hydrogen-bond donors (Lipinski definition) is 0. The molecule has 0 spiro atoms. The number of ketones is 1. The molecule has 0 aromatic heterocycles. The Morgan fingerprint density at radius 2 is 1.74 bits per heavy atom. The number of carbonyl (C=O) groups is 1. The average Bonchev–Trinajstić information content (AvgIpc) is 2.77. The molecule has 19 heavy (non-hydrogen) atoms. The van der Waals surface area contributed by atoms with Gasteiger partial charge in [-0.3, -0.25) is 4.79 Å². The van der Waals surface area contributed by atoms with E-state index in [2.05, 4.69) is 0 Å². The van der Waals surface area contributed by atoms with E-state index < -0.39 is 15.8 Å². The number of carbonyl (C=O) groups excluding carboxylic acids is 1. The van der Waals surface area contributed by atoms with Crippen molar-refractivity contribution in [1.82, 2.24) is 0 Å². The minimum absolute atomic E-state index is 0.0641. The lowest BCUT2D eigenvalue weighted by Gasteiger charge is -2.10. The first kappa shape index (κ1) is 13.9. The second-order valence-electron chi connectivity index (χ2n) is 4.57. The van der Waals surface area contributed by atoms with Crippen LogP contribution in [0.3, 0.4) is 0 Å². The molecular formula is C13H16O5S. The van der Waals surface area contributed by atoms with Crippen molar-refractivity contribution < 1.29 is 22.7 Å². The van der Waals surface area contributed by atoms with Gasteiger partial charge >= 0.3 is 0 Å². The molecule has 1 aliphatic heterocycles. The van der Waals surface area contributed by atoms with Crippen molar-refractivity contribution in [1.29, 1.82) is 0 Å². The van der Waals surface area contributed by atoms with Gasteiger partial charge in [0.2, 0.25) is 0 Å². The zero-order valence-corrected chi connectivity index (χ0v) is 11.7. The zero-order valence-electron chi connectivity index (χ0n) is 10.9. The van der Waals surface area contributed by atoms with Gasteiger partial charge in [0.1, 0.15) is 11.5 Å². The summed E-state index contributed by atoms with van der Waals surface area (Å²) in [5.41, 5.74) is 0.429. The molecule has 1 aliphatic rings. The Hall–Kier alpha value is -1.56. The number of rotatable bonds is 4. The summed E-state index contributed by atoms with van der Waals surface area (Å²) < 4.78 is 33.0. The number of sulfone groups is 1. The summed E-state index contributed by atoms with van der Waals surface area (Å²) in [6.45, 7) is 0. The molecule has 1 unspecified atom stereocenters. The minimum atomic E-state index is -3.06. The van der Waals surface area contributed by atoms with Gasteiger partial charge in [-0.25, -0.2) is 8.42 Å². The molecule has 1 fully saturated rings. The highest BCUT2D eigenvalue weighted by Crippen LogP contribution is 2.27. The quantitative estimate of drug-likeness (QED) is 0.780. The molecule has 104 valence electrons. The van der Waals surface area contributed by atoms with Crippen LogP contribution in [0.2, 0.25) is 0 Å². The molecule has 0 aliphatic carbocycles. The lowest BCUT2D eigenvalue weighted by Crippen LogP contribution is -2.16. The van der Waals surface area contributed by atoms with E-state index in [0.717, 1.165) is 0 Å². The molecule has 1 aromatic rings. The van der Waals surface area contributed by atoms with Gasteiger partial charge in [-0.05, 0) is 18.6 Å². The highest BCUT2D eigenvalue weighted by Gasteiger charge is 2.33. The van der Waals surface area contributed by atoms with E-state index in [1.165, 1.54) is 14.2 Å². The predicted octanol–water partition coefficient (Wildman–Crippen LogP) is 1.32. The van der Waals surface area contributed by atoms with E-state index in [-0.39, 0.29) is 17.3 Å². The third-order valence-corrected chi connectivity index (χ3v) is 5.01. The average molecular weight is 284 g/mol. The summed E-state index contributed by atoms with van der Waals surface area (Å²) in [4.78, 5) is 12.3. The maximum atomic E-state index is 12.3. The monoisotopic (exact) mass is 284 g/mol. The van der Waals surface area contributed by atoms with Crippen molar-refractivity contribution in [3.05, 3.63) is 23.8 Å².